The van der Waals surface area contributed by atoms with Gasteiger partial charge in [-0.15, -0.1) is 0 Å². The van der Waals surface area contributed by atoms with Gasteiger partial charge >= 0.3 is 0 Å². The first-order valence-corrected chi connectivity index (χ1v) is 7.20. The Morgan fingerprint density at radius 1 is 1.10 bits per heavy atom. The first-order chi connectivity index (χ1) is 9.60. The van der Waals surface area contributed by atoms with Crippen LogP contribution in [-0.2, 0) is 6.54 Å². The van der Waals surface area contributed by atoms with Crippen molar-refractivity contribution in [3.8, 4) is 5.75 Å². The fraction of sp³-hybridized carbons (Fsp3) is 0.294. The van der Waals surface area contributed by atoms with Crippen molar-refractivity contribution in [3.05, 3.63) is 58.1 Å². The van der Waals surface area contributed by atoms with Gasteiger partial charge in [0.15, 0.2) is 0 Å². The molecule has 106 valence electrons. The molecule has 2 rings (SSSR count). The molecule has 20 heavy (non-hydrogen) atoms. The second-order valence-corrected chi connectivity index (χ2v) is 5.28. The van der Waals surface area contributed by atoms with E-state index in [1.54, 1.807) is 0 Å². The molecule has 0 saturated carbocycles. The molecule has 0 fully saturated rings. The Kier molecular flexibility index (Phi) is 4.91. The van der Waals surface area contributed by atoms with Crippen LogP contribution >= 0.6 is 11.6 Å². The minimum atomic E-state index is 0.661. The van der Waals surface area contributed by atoms with Crippen molar-refractivity contribution in [1.82, 2.24) is 0 Å². The summed E-state index contributed by atoms with van der Waals surface area (Å²) in [5.74, 6) is 0.894. The lowest BCUT2D eigenvalue weighted by molar-refractivity contribution is 0.341. The zero-order chi connectivity index (χ0) is 14.5. The summed E-state index contributed by atoms with van der Waals surface area (Å²) in [6.07, 6.45) is 0. The topological polar surface area (TPSA) is 21.3 Å². The normalized spacial score (nSPS) is 10.4. The Morgan fingerprint density at radius 3 is 2.60 bits per heavy atom. The highest BCUT2D eigenvalue weighted by Gasteiger charge is 2.04. The number of nitrogens with one attached hydrogen (secondary N) is 1. The molecule has 3 heteroatoms. The van der Waals surface area contributed by atoms with Gasteiger partial charge in [0.05, 0.1) is 12.3 Å². The number of halogens is 1. The third-order valence-corrected chi connectivity index (χ3v) is 3.56. The average Bonchev–Trinajstić information content (AvgIpc) is 2.42. The minimum absolute atomic E-state index is 0.661. The first kappa shape index (κ1) is 14.7. The molecule has 1 N–H and O–H groups in total. The predicted molar refractivity (Wildman–Crippen MR) is 85.9 cm³/mol. The van der Waals surface area contributed by atoms with E-state index in [0.717, 1.165) is 34.1 Å². The summed E-state index contributed by atoms with van der Waals surface area (Å²) in [5.41, 5.74) is 4.45. The SMILES string of the molecule is CCOc1cc(C)ccc1NCc1ccc(C)c(Cl)c1. The highest BCUT2D eigenvalue weighted by molar-refractivity contribution is 6.31. The Balaban J connectivity index is 2.11. The molecule has 0 amide bonds. The molecule has 0 aliphatic rings. The van der Waals surface area contributed by atoms with Crippen LogP contribution in [0.2, 0.25) is 5.02 Å². The van der Waals surface area contributed by atoms with Gasteiger partial charge in [-0.25, -0.2) is 0 Å². The van der Waals surface area contributed by atoms with Crippen LogP contribution in [0.15, 0.2) is 36.4 Å². The van der Waals surface area contributed by atoms with Gasteiger partial charge in [-0.3, -0.25) is 0 Å². The molecular weight excluding hydrogens is 270 g/mol. The lowest BCUT2D eigenvalue weighted by atomic mass is 10.1. The monoisotopic (exact) mass is 289 g/mol. The Morgan fingerprint density at radius 2 is 1.90 bits per heavy atom. The standard InChI is InChI=1S/C17H20ClNO/c1-4-20-17-9-12(2)5-8-16(17)19-11-14-7-6-13(3)15(18)10-14/h5-10,19H,4,11H2,1-3H3. The molecule has 2 nitrogen and oxygen atoms in total. The Labute approximate surface area is 125 Å². The van der Waals surface area contributed by atoms with Crippen LogP contribution in [0.1, 0.15) is 23.6 Å². The third-order valence-electron chi connectivity index (χ3n) is 3.16. The largest absolute Gasteiger partial charge is 0.492 e. The van der Waals surface area contributed by atoms with Crippen LogP contribution in [0.25, 0.3) is 0 Å². The predicted octanol–water partition coefficient (Wildman–Crippen LogP) is 4.97. The molecule has 2 aromatic carbocycles. The van der Waals surface area contributed by atoms with Crippen LogP contribution < -0.4 is 10.1 Å². The maximum atomic E-state index is 6.14. The van der Waals surface area contributed by atoms with E-state index in [1.165, 1.54) is 5.56 Å². The molecule has 0 aromatic heterocycles. The van der Waals surface area contributed by atoms with Crippen molar-refractivity contribution in [2.75, 3.05) is 11.9 Å². The number of ether oxygens (including phenoxy) is 1. The number of anilines is 1. The Hall–Kier alpha value is -1.67. The number of benzene rings is 2. The van der Waals surface area contributed by atoms with E-state index in [0.29, 0.717) is 6.61 Å². The summed E-state index contributed by atoms with van der Waals surface area (Å²) >= 11 is 6.14. The van der Waals surface area contributed by atoms with E-state index in [9.17, 15) is 0 Å². The van der Waals surface area contributed by atoms with Crippen molar-refractivity contribution >= 4 is 17.3 Å². The quantitative estimate of drug-likeness (QED) is 0.839. The number of hydrogen-bond acceptors (Lipinski definition) is 2. The maximum absolute atomic E-state index is 6.14. The van der Waals surface area contributed by atoms with Gasteiger partial charge in [-0.1, -0.05) is 29.8 Å². The first-order valence-electron chi connectivity index (χ1n) is 6.82. The van der Waals surface area contributed by atoms with Crippen molar-refractivity contribution in [1.29, 1.82) is 0 Å². The van der Waals surface area contributed by atoms with Crippen molar-refractivity contribution in [2.45, 2.75) is 27.3 Å². The second-order valence-electron chi connectivity index (χ2n) is 4.87. The summed E-state index contributed by atoms with van der Waals surface area (Å²) in [6.45, 7) is 7.45. The van der Waals surface area contributed by atoms with Crippen LogP contribution in [0, 0.1) is 13.8 Å². The van der Waals surface area contributed by atoms with Gasteiger partial charge in [-0.2, -0.15) is 0 Å². The minimum Gasteiger partial charge on any atom is -0.492 e. The molecule has 0 heterocycles. The van der Waals surface area contributed by atoms with Crippen LogP contribution in [-0.4, -0.2) is 6.61 Å². The summed E-state index contributed by atoms with van der Waals surface area (Å²) in [5, 5.41) is 4.21. The van der Waals surface area contributed by atoms with Gasteiger partial charge in [0.25, 0.3) is 0 Å². The van der Waals surface area contributed by atoms with Crippen molar-refractivity contribution < 1.29 is 4.74 Å². The molecule has 0 aliphatic carbocycles. The third kappa shape index (κ3) is 3.67. The average molecular weight is 290 g/mol. The molecule has 0 saturated heterocycles. The van der Waals surface area contributed by atoms with Crippen molar-refractivity contribution in [2.24, 2.45) is 0 Å². The molecule has 0 radical (unpaired) electrons. The van der Waals surface area contributed by atoms with E-state index < -0.39 is 0 Å². The molecule has 0 unspecified atom stereocenters. The molecule has 2 aromatic rings. The van der Waals surface area contributed by atoms with Gasteiger partial charge in [0, 0.05) is 11.6 Å². The van der Waals surface area contributed by atoms with Gasteiger partial charge < -0.3 is 10.1 Å². The summed E-state index contributed by atoms with van der Waals surface area (Å²) < 4.78 is 5.66. The highest BCUT2D eigenvalue weighted by Crippen LogP contribution is 2.26. The molecule has 0 bridgehead atoms. The van der Waals surface area contributed by atoms with E-state index in [1.807, 2.05) is 32.0 Å². The number of hydrogen-bond donors (Lipinski definition) is 1. The van der Waals surface area contributed by atoms with E-state index >= 15 is 0 Å². The van der Waals surface area contributed by atoms with E-state index in [4.69, 9.17) is 16.3 Å². The van der Waals surface area contributed by atoms with Crippen LogP contribution in [0.3, 0.4) is 0 Å². The van der Waals surface area contributed by atoms with Crippen molar-refractivity contribution in [3.63, 3.8) is 0 Å². The maximum Gasteiger partial charge on any atom is 0.142 e. The molecule has 0 aliphatic heterocycles. The van der Waals surface area contributed by atoms with Gasteiger partial charge in [-0.05, 0) is 55.7 Å². The summed E-state index contributed by atoms with van der Waals surface area (Å²) in [4.78, 5) is 0. The fourth-order valence-corrected chi connectivity index (χ4v) is 2.20. The number of rotatable bonds is 5. The summed E-state index contributed by atoms with van der Waals surface area (Å²) in [6, 6.07) is 12.3. The molecule has 0 atom stereocenters. The Bertz CT molecular complexity index is 596. The molecular formula is C17H20ClNO. The zero-order valence-electron chi connectivity index (χ0n) is 12.2. The highest BCUT2D eigenvalue weighted by atomic mass is 35.5. The number of aryl methyl sites for hydroxylation is 2. The van der Waals surface area contributed by atoms with Crippen LogP contribution in [0.4, 0.5) is 5.69 Å². The lowest BCUT2D eigenvalue weighted by Crippen LogP contribution is -2.03. The zero-order valence-corrected chi connectivity index (χ0v) is 12.9. The summed E-state index contributed by atoms with van der Waals surface area (Å²) in [7, 11) is 0. The fourth-order valence-electron chi connectivity index (χ4n) is 1.99. The van der Waals surface area contributed by atoms with Gasteiger partial charge in [0.2, 0.25) is 0 Å². The smallest absolute Gasteiger partial charge is 0.142 e. The van der Waals surface area contributed by atoms with E-state index in [-0.39, 0.29) is 0 Å². The second kappa shape index (κ2) is 6.67. The van der Waals surface area contributed by atoms with Crippen LogP contribution in [0.5, 0.6) is 5.75 Å². The lowest BCUT2D eigenvalue weighted by Gasteiger charge is -2.13. The van der Waals surface area contributed by atoms with Gasteiger partial charge in [0.1, 0.15) is 5.75 Å². The van der Waals surface area contributed by atoms with E-state index in [2.05, 4.69) is 30.4 Å². The molecule has 0 spiro atoms.